The summed E-state index contributed by atoms with van der Waals surface area (Å²) in [6.07, 6.45) is 4.90. The quantitative estimate of drug-likeness (QED) is 0.175. The fraction of sp³-hybridized carbons (Fsp3) is 0.343. The number of hydrogen-bond acceptors (Lipinski definition) is 10. The maximum absolute atomic E-state index is 13.3. The van der Waals surface area contributed by atoms with Crippen molar-refractivity contribution in [2.24, 2.45) is 0 Å². The average Bonchev–Trinajstić information content (AvgIpc) is 3.52. The lowest BCUT2D eigenvalue weighted by Crippen LogP contribution is -2.50. The summed E-state index contributed by atoms with van der Waals surface area (Å²) in [7, 11) is 4.84. The van der Waals surface area contributed by atoms with Gasteiger partial charge in [-0.1, -0.05) is 41.4 Å². The second kappa shape index (κ2) is 15.5. The van der Waals surface area contributed by atoms with Crippen LogP contribution in [0.5, 0.6) is 11.6 Å². The largest absolute Gasteiger partial charge is 0.496 e. The van der Waals surface area contributed by atoms with Gasteiger partial charge in [0, 0.05) is 93.0 Å². The number of nitrogens with zero attached hydrogens (tertiary/aromatic N) is 4. The van der Waals surface area contributed by atoms with Gasteiger partial charge in [-0.25, -0.2) is 4.98 Å². The number of nitrogens with one attached hydrogen (secondary N) is 3. The molecule has 2 amide bonds. The first-order valence-corrected chi connectivity index (χ1v) is 16.6. The van der Waals surface area contributed by atoms with Crippen molar-refractivity contribution in [1.29, 1.82) is 0 Å². The van der Waals surface area contributed by atoms with Gasteiger partial charge in [-0.3, -0.25) is 24.5 Å². The number of benzene rings is 1. The summed E-state index contributed by atoms with van der Waals surface area (Å²) < 4.78 is 16.5. The minimum atomic E-state index is -0.445. The summed E-state index contributed by atoms with van der Waals surface area (Å²) >= 11 is 13.8. The summed E-state index contributed by atoms with van der Waals surface area (Å²) in [5, 5.41) is 9.79. The molecule has 2 saturated heterocycles. The van der Waals surface area contributed by atoms with Crippen LogP contribution in [0.15, 0.2) is 54.9 Å². The number of methoxy groups -OCH3 is 3. The monoisotopic (exact) mass is 705 g/mol. The van der Waals surface area contributed by atoms with E-state index in [1.54, 1.807) is 64.1 Å². The Morgan fingerprint density at radius 3 is 2.59 bits per heavy atom. The topological polar surface area (TPSA) is 140 Å². The third-order valence-corrected chi connectivity index (χ3v) is 9.43. The normalized spacial score (nSPS) is 16.3. The van der Waals surface area contributed by atoms with Crippen LogP contribution < -0.4 is 25.4 Å². The van der Waals surface area contributed by atoms with Crippen LogP contribution in [0.1, 0.15) is 34.5 Å². The highest BCUT2D eigenvalue weighted by Gasteiger charge is 2.27. The minimum Gasteiger partial charge on any atom is -0.496 e. The molecule has 0 aliphatic carbocycles. The lowest BCUT2D eigenvalue weighted by atomic mass is 10.1. The number of anilines is 1. The van der Waals surface area contributed by atoms with E-state index in [-0.39, 0.29) is 28.8 Å². The predicted molar refractivity (Wildman–Crippen MR) is 187 cm³/mol. The number of ether oxygens (including phenoxy) is 3. The Morgan fingerprint density at radius 2 is 1.86 bits per heavy atom. The molecule has 49 heavy (non-hydrogen) atoms. The molecule has 5 heterocycles. The summed E-state index contributed by atoms with van der Waals surface area (Å²) in [6, 6.07) is 12.6. The maximum Gasteiger partial charge on any atom is 0.274 e. The van der Waals surface area contributed by atoms with Gasteiger partial charge in [0.1, 0.15) is 11.4 Å². The fourth-order valence-electron chi connectivity index (χ4n) is 5.91. The van der Waals surface area contributed by atoms with E-state index in [4.69, 9.17) is 42.4 Å². The van der Waals surface area contributed by atoms with Gasteiger partial charge in [0.15, 0.2) is 0 Å². The second-order valence-electron chi connectivity index (χ2n) is 11.9. The van der Waals surface area contributed by atoms with Gasteiger partial charge in [0.2, 0.25) is 11.8 Å². The number of carbonyl (C=O) groups is 2. The first-order chi connectivity index (χ1) is 23.8. The van der Waals surface area contributed by atoms with E-state index < -0.39 is 5.91 Å². The number of pyridine rings is 3. The molecular weight excluding hydrogens is 669 g/mol. The van der Waals surface area contributed by atoms with Crippen molar-refractivity contribution in [2.75, 3.05) is 46.3 Å². The maximum atomic E-state index is 13.3. The summed E-state index contributed by atoms with van der Waals surface area (Å²) in [5.74, 6) is 0.665. The summed E-state index contributed by atoms with van der Waals surface area (Å²) in [5.41, 5.74) is 4.48. The van der Waals surface area contributed by atoms with Gasteiger partial charge in [-0.05, 0) is 24.6 Å². The molecule has 2 aliphatic rings. The molecule has 4 aromatic rings. The molecule has 6 rings (SSSR count). The van der Waals surface area contributed by atoms with E-state index in [2.05, 4.69) is 30.8 Å². The Balaban J connectivity index is 1.17. The van der Waals surface area contributed by atoms with Crippen LogP contribution >= 0.6 is 23.2 Å². The number of aromatic nitrogens is 3. The molecule has 0 bridgehead atoms. The standard InChI is InChI=1S/C35H37Cl2N7O5/c1-47-23-18-44(19-23)17-21-15-40-28(13-29(21)48-2)34(46)42-27-6-4-5-25(31(27)36)33-32(37)24(11-12-39-33)26-9-7-20(35(43-26)49-3)14-38-16-22-8-10-30(45)41-22/h4-7,9,11-13,15,22-23,38H,8,10,14,16-19H2,1-3H3,(H,41,45)(H,42,46)/t22-/m1/s1. The summed E-state index contributed by atoms with van der Waals surface area (Å²) in [6.45, 7) is 3.48. The first kappa shape index (κ1) is 34.5. The highest BCUT2D eigenvalue weighted by molar-refractivity contribution is 6.39. The molecule has 1 aromatic carbocycles. The average molecular weight is 707 g/mol. The highest BCUT2D eigenvalue weighted by Crippen LogP contribution is 2.40. The van der Waals surface area contributed by atoms with Crippen LogP contribution in [0.3, 0.4) is 0 Å². The van der Waals surface area contributed by atoms with Crippen molar-refractivity contribution < 1.29 is 23.8 Å². The molecular formula is C35H37Cl2N7O5. The third kappa shape index (κ3) is 7.79. The minimum absolute atomic E-state index is 0.0840. The SMILES string of the molecule is COc1cc(C(=O)Nc2cccc(-c3nccc(-c4ccc(CNC[C@H]5CCC(=O)N5)c(OC)n4)c3Cl)c2Cl)ncc1CN1CC(OC)C1. The van der Waals surface area contributed by atoms with Crippen LogP contribution in [-0.2, 0) is 22.6 Å². The molecule has 0 radical (unpaired) electrons. The van der Waals surface area contributed by atoms with E-state index in [1.165, 1.54) is 0 Å². The molecule has 256 valence electrons. The van der Waals surface area contributed by atoms with Crippen LogP contribution in [-0.4, -0.2) is 84.8 Å². The molecule has 14 heteroatoms. The van der Waals surface area contributed by atoms with Crippen LogP contribution in [0, 0.1) is 0 Å². The van der Waals surface area contributed by atoms with Crippen molar-refractivity contribution in [1.82, 2.24) is 30.5 Å². The number of carbonyl (C=O) groups excluding carboxylic acids is 2. The fourth-order valence-corrected chi connectivity index (χ4v) is 6.48. The zero-order valence-electron chi connectivity index (χ0n) is 27.4. The predicted octanol–water partition coefficient (Wildman–Crippen LogP) is 4.98. The van der Waals surface area contributed by atoms with E-state index in [1.807, 2.05) is 12.1 Å². The van der Waals surface area contributed by atoms with Crippen LogP contribution in [0.4, 0.5) is 5.69 Å². The number of halogens is 2. The van der Waals surface area contributed by atoms with Crippen molar-refractivity contribution in [3.05, 3.63) is 81.7 Å². The van der Waals surface area contributed by atoms with Gasteiger partial charge >= 0.3 is 0 Å². The smallest absolute Gasteiger partial charge is 0.274 e. The van der Waals surface area contributed by atoms with Crippen molar-refractivity contribution in [3.63, 3.8) is 0 Å². The van der Waals surface area contributed by atoms with E-state index in [9.17, 15) is 9.59 Å². The lowest BCUT2D eigenvalue weighted by Gasteiger charge is -2.38. The molecule has 0 unspecified atom stereocenters. The molecule has 2 aliphatic heterocycles. The van der Waals surface area contributed by atoms with Gasteiger partial charge in [-0.15, -0.1) is 0 Å². The molecule has 0 saturated carbocycles. The van der Waals surface area contributed by atoms with Gasteiger partial charge < -0.3 is 30.2 Å². The van der Waals surface area contributed by atoms with E-state index >= 15 is 0 Å². The van der Waals surface area contributed by atoms with Gasteiger partial charge in [0.05, 0.1) is 47.4 Å². The lowest BCUT2D eigenvalue weighted by molar-refractivity contribution is -0.119. The molecule has 3 N–H and O–H groups in total. The second-order valence-corrected chi connectivity index (χ2v) is 12.6. The molecule has 0 spiro atoms. The van der Waals surface area contributed by atoms with Crippen molar-refractivity contribution in [3.8, 4) is 34.1 Å². The van der Waals surface area contributed by atoms with Gasteiger partial charge in [-0.2, -0.15) is 0 Å². The third-order valence-electron chi connectivity index (χ3n) is 8.64. The Morgan fingerprint density at radius 1 is 1.02 bits per heavy atom. The number of likely N-dealkylation sites (tertiary alicyclic amines) is 1. The molecule has 2 fully saturated rings. The number of hydrogen-bond donors (Lipinski definition) is 3. The van der Waals surface area contributed by atoms with Crippen molar-refractivity contribution >= 4 is 40.7 Å². The van der Waals surface area contributed by atoms with Crippen molar-refractivity contribution in [2.45, 2.75) is 38.1 Å². The van der Waals surface area contributed by atoms with E-state index in [0.29, 0.717) is 70.9 Å². The van der Waals surface area contributed by atoms with Crippen LogP contribution in [0.2, 0.25) is 10.0 Å². The highest BCUT2D eigenvalue weighted by atomic mass is 35.5. The number of rotatable bonds is 13. The van der Waals surface area contributed by atoms with E-state index in [0.717, 1.165) is 30.6 Å². The van der Waals surface area contributed by atoms with Crippen LogP contribution in [0.25, 0.3) is 22.5 Å². The first-order valence-electron chi connectivity index (χ1n) is 15.8. The molecule has 1 atom stereocenters. The zero-order chi connectivity index (χ0) is 34.5. The zero-order valence-corrected chi connectivity index (χ0v) is 28.9. The Kier molecular flexibility index (Phi) is 10.9. The summed E-state index contributed by atoms with van der Waals surface area (Å²) in [4.78, 5) is 40.7. The molecule has 12 nitrogen and oxygen atoms in total. The Bertz CT molecular complexity index is 1850. The number of amides is 2. The molecule has 3 aromatic heterocycles. The Labute approximate surface area is 294 Å². The Hall–Kier alpha value is -4.33. The van der Waals surface area contributed by atoms with Gasteiger partial charge in [0.25, 0.3) is 5.91 Å².